The first kappa shape index (κ1) is 14.7. The topological polar surface area (TPSA) is 44.8 Å². The predicted molar refractivity (Wildman–Crippen MR) is 68.4 cm³/mol. The van der Waals surface area contributed by atoms with Gasteiger partial charge >= 0.3 is 5.97 Å². The second kappa shape index (κ2) is 9.62. The molecular weight excluding hydrogens is 232 g/mol. The van der Waals surface area contributed by atoms with Crippen molar-refractivity contribution in [3.8, 4) is 0 Å². The van der Waals surface area contributed by atoms with Crippen molar-refractivity contribution in [2.75, 3.05) is 33.0 Å². The van der Waals surface area contributed by atoms with Crippen molar-refractivity contribution in [1.29, 1.82) is 0 Å². The Hall–Kier alpha value is -1.39. The standard InChI is InChI=1S/C14H20O4/c1-13(15)18-12-11-17-10-9-16-8-7-14-5-3-2-4-6-14/h2-6H,7-12H2,1H3. The minimum Gasteiger partial charge on any atom is -0.463 e. The number of hydrogen-bond acceptors (Lipinski definition) is 4. The summed E-state index contributed by atoms with van der Waals surface area (Å²) in [5, 5.41) is 0. The zero-order valence-corrected chi connectivity index (χ0v) is 10.8. The average Bonchev–Trinajstić information content (AvgIpc) is 2.37. The second-order valence-corrected chi connectivity index (χ2v) is 3.80. The fourth-order valence-electron chi connectivity index (χ4n) is 1.40. The van der Waals surface area contributed by atoms with E-state index in [-0.39, 0.29) is 5.97 Å². The Labute approximate surface area is 108 Å². The highest BCUT2D eigenvalue weighted by atomic mass is 16.6. The first-order valence-corrected chi connectivity index (χ1v) is 6.12. The van der Waals surface area contributed by atoms with Crippen LogP contribution < -0.4 is 0 Å². The Morgan fingerprint density at radius 2 is 1.56 bits per heavy atom. The van der Waals surface area contributed by atoms with E-state index >= 15 is 0 Å². The van der Waals surface area contributed by atoms with Gasteiger partial charge in [0.15, 0.2) is 0 Å². The van der Waals surface area contributed by atoms with Crippen molar-refractivity contribution < 1.29 is 19.0 Å². The number of esters is 1. The van der Waals surface area contributed by atoms with Gasteiger partial charge in [0.05, 0.1) is 26.4 Å². The fourth-order valence-corrected chi connectivity index (χ4v) is 1.40. The summed E-state index contributed by atoms with van der Waals surface area (Å²) in [6.07, 6.45) is 0.911. The Balaban J connectivity index is 1.86. The van der Waals surface area contributed by atoms with Gasteiger partial charge in [0.2, 0.25) is 0 Å². The molecule has 0 saturated heterocycles. The average molecular weight is 252 g/mol. The molecule has 0 radical (unpaired) electrons. The van der Waals surface area contributed by atoms with Crippen LogP contribution in [0.4, 0.5) is 0 Å². The summed E-state index contributed by atoms with van der Waals surface area (Å²) in [7, 11) is 0. The van der Waals surface area contributed by atoms with Crippen LogP contribution in [0.5, 0.6) is 0 Å². The zero-order chi connectivity index (χ0) is 13.1. The molecule has 0 N–H and O–H groups in total. The van der Waals surface area contributed by atoms with Crippen molar-refractivity contribution >= 4 is 5.97 Å². The maximum absolute atomic E-state index is 10.5. The summed E-state index contributed by atoms with van der Waals surface area (Å²) < 4.78 is 15.4. The maximum Gasteiger partial charge on any atom is 0.302 e. The molecule has 1 rings (SSSR count). The summed E-state index contributed by atoms with van der Waals surface area (Å²) >= 11 is 0. The highest BCUT2D eigenvalue weighted by molar-refractivity contribution is 5.65. The molecule has 0 aliphatic carbocycles. The molecule has 4 nitrogen and oxygen atoms in total. The van der Waals surface area contributed by atoms with Crippen LogP contribution in [0.15, 0.2) is 30.3 Å². The Bertz CT molecular complexity index is 324. The first-order valence-electron chi connectivity index (χ1n) is 6.12. The molecule has 18 heavy (non-hydrogen) atoms. The quantitative estimate of drug-likeness (QED) is 0.497. The molecule has 1 aromatic rings. The molecule has 0 atom stereocenters. The maximum atomic E-state index is 10.5. The van der Waals surface area contributed by atoms with E-state index in [1.165, 1.54) is 12.5 Å². The Kier molecular flexibility index (Phi) is 7.84. The lowest BCUT2D eigenvalue weighted by Gasteiger charge is -2.06. The molecule has 0 aromatic heterocycles. The lowest BCUT2D eigenvalue weighted by Crippen LogP contribution is -2.11. The van der Waals surface area contributed by atoms with Crippen LogP contribution in [0.25, 0.3) is 0 Å². The van der Waals surface area contributed by atoms with Crippen LogP contribution in [-0.4, -0.2) is 39.0 Å². The van der Waals surface area contributed by atoms with Gasteiger partial charge < -0.3 is 14.2 Å². The van der Waals surface area contributed by atoms with E-state index in [1.807, 2.05) is 18.2 Å². The third-order valence-corrected chi connectivity index (χ3v) is 2.28. The number of carbonyl (C=O) groups is 1. The van der Waals surface area contributed by atoms with E-state index in [4.69, 9.17) is 14.2 Å². The van der Waals surface area contributed by atoms with E-state index in [9.17, 15) is 4.79 Å². The third-order valence-electron chi connectivity index (χ3n) is 2.28. The molecule has 0 amide bonds. The highest BCUT2D eigenvalue weighted by Crippen LogP contribution is 1.99. The van der Waals surface area contributed by atoms with Gasteiger partial charge in [-0.3, -0.25) is 4.79 Å². The van der Waals surface area contributed by atoms with E-state index in [2.05, 4.69) is 12.1 Å². The van der Waals surface area contributed by atoms with Gasteiger partial charge in [-0.2, -0.15) is 0 Å². The lowest BCUT2D eigenvalue weighted by atomic mass is 10.2. The van der Waals surface area contributed by atoms with Crippen molar-refractivity contribution in [2.45, 2.75) is 13.3 Å². The lowest BCUT2D eigenvalue weighted by molar-refractivity contribution is -0.142. The minimum atomic E-state index is -0.280. The van der Waals surface area contributed by atoms with Gasteiger partial charge in [0.1, 0.15) is 6.61 Å². The van der Waals surface area contributed by atoms with Crippen molar-refractivity contribution in [1.82, 2.24) is 0 Å². The summed E-state index contributed by atoms with van der Waals surface area (Å²) in [6.45, 7) is 3.88. The van der Waals surface area contributed by atoms with Gasteiger partial charge in [-0.25, -0.2) is 0 Å². The molecule has 4 heteroatoms. The number of rotatable bonds is 9. The van der Waals surface area contributed by atoms with Crippen molar-refractivity contribution in [3.05, 3.63) is 35.9 Å². The van der Waals surface area contributed by atoms with Gasteiger partial charge in [0.25, 0.3) is 0 Å². The molecule has 0 aliphatic rings. The van der Waals surface area contributed by atoms with Gasteiger partial charge in [-0.05, 0) is 12.0 Å². The van der Waals surface area contributed by atoms with Crippen LogP contribution in [-0.2, 0) is 25.4 Å². The molecule has 0 saturated carbocycles. The summed E-state index contributed by atoms with van der Waals surface area (Å²) in [5.41, 5.74) is 1.27. The number of benzene rings is 1. The smallest absolute Gasteiger partial charge is 0.302 e. The van der Waals surface area contributed by atoms with Gasteiger partial charge in [-0.15, -0.1) is 0 Å². The first-order chi connectivity index (χ1) is 8.79. The van der Waals surface area contributed by atoms with Gasteiger partial charge in [-0.1, -0.05) is 30.3 Å². The SMILES string of the molecule is CC(=O)OCCOCCOCCc1ccccc1. The molecule has 1 aromatic carbocycles. The van der Waals surface area contributed by atoms with Crippen LogP contribution in [0, 0.1) is 0 Å². The summed E-state index contributed by atoms with van der Waals surface area (Å²) in [5.74, 6) is -0.280. The Morgan fingerprint density at radius 3 is 2.22 bits per heavy atom. The van der Waals surface area contributed by atoms with Crippen LogP contribution >= 0.6 is 0 Å². The third kappa shape index (κ3) is 7.81. The van der Waals surface area contributed by atoms with E-state index in [0.717, 1.165) is 6.42 Å². The molecule has 0 fully saturated rings. The molecule has 0 aliphatic heterocycles. The zero-order valence-electron chi connectivity index (χ0n) is 10.8. The predicted octanol–water partition coefficient (Wildman–Crippen LogP) is 1.83. The second-order valence-electron chi connectivity index (χ2n) is 3.80. The van der Waals surface area contributed by atoms with E-state index in [1.54, 1.807) is 0 Å². The van der Waals surface area contributed by atoms with Gasteiger partial charge in [0, 0.05) is 6.92 Å². The molecule has 100 valence electrons. The molecule has 0 heterocycles. The van der Waals surface area contributed by atoms with Crippen LogP contribution in [0.1, 0.15) is 12.5 Å². The summed E-state index contributed by atoms with van der Waals surface area (Å²) in [6, 6.07) is 10.2. The number of ether oxygens (including phenoxy) is 3. The van der Waals surface area contributed by atoms with Crippen molar-refractivity contribution in [2.24, 2.45) is 0 Å². The Morgan fingerprint density at radius 1 is 0.944 bits per heavy atom. The van der Waals surface area contributed by atoms with E-state index in [0.29, 0.717) is 33.0 Å². The van der Waals surface area contributed by atoms with Crippen LogP contribution in [0.3, 0.4) is 0 Å². The highest BCUT2D eigenvalue weighted by Gasteiger charge is 1.94. The van der Waals surface area contributed by atoms with Crippen molar-refractivity contribution in [3.63, 3.8) is 0 Å². The van der Waals surface area contributed by atoms with E-state index < -0.39 is 0 Å². The monoisotopic (exact) mass is 252 g/mol. The largest absolute Gasteiger partial charge is 0.463 e. The minimum absolute atomic E-state index is 0.280. The number of hydrogen-bond donors (Lipinski definition) is 0. The molecule has 0 unspecified atom stereocenters. The molecule has 0 bridgehead atoms. The number of carbonyl (C=O) groups excluding carboxylic acids is 1. The molecule has 0 spiro atoms. The summed E-state index contributed by atoms with van der Waals surface area (Å²) in [4.78, 5) is 10.5. The normalized spacial score (nSPS) is 10.3. The van der Waals surface area contributed by atoms with Crippen LogP contribution in [0.2, 0.25) is 0 Å². The molecular formula is C14H20O4. The fraction of sp³-hybridized carbons (Fsp3) is 0.500.